The zero-order valence-corrected chi connectivity index (χ0v) is 33.6. The van der Waals surface area contributed by atoms with E-state index in [1.54, 1.807) is 12.2 Å². The number of rotatable bonds is 10. The molecule has 324 valence electrons. The minimum atomic E-state index is -2.99. The number of halogens is 5. The van der Waals surface area contributed by atoms with Crippen LogP contribution in [-0.2, 0) is 57.2 Å². The molecule has 0 spiro atoms. The Balaban J connectivity index is 0. The first-order valence-corrected chi connectivity index (χ1v) is 16.8. The standard InChI is InChI=1S/2C10H13FO5.2C8H11FO3.ClH.Li/c2*1-15-8(13)10(11,9(14)16-2)6-4-3-5-7(6)12;2*1-12-8(11)7(9)5-3-2-4-6(5)10;;/h2*3-4,6-7,12H,5H2,1-2H3;2*2-3,5-7,10H,4H2,1H3;1H;/q;;;;;+1/p-1/t2*6-,7-;2*5-,6-,7?;;/m1010../s1. The third kappa shape index (κ3) is 13.6. The molecule has 0 heterocycles. The molecule has 16 nitrogen and oxygen atoms in total. The molecule has 2 unspecified atom stereocenters. The Hall–Kier alpha value is -3.77. The van der Waals surface area contributed by atoms with Gasteiger partial charge in [-0.15, -0.1) is 0 Å². The summed E-state index contributed by atoms with van der Waals surface area (Å²) < 4.78 is 80.3. The van der Waals surface area contributed by atoms with Crippen LogP contribution in [0.15, 0.2) is 48.6 Å². The van der Waals surface area contributed by atoms with Crippen LogP contribution in [0.3, 0.4) is 0 Å². The number of hydrogen-bond donors (Lipinski definition) is 4. The molecule has 58 heavy (non-hydrogen) atoms. The summed E-state index contributed by atoms with van der Waals surface area (Å²) in [6, 6.07) is 0. The smallest absolute Gasteiger partial charge is 1.00 e. The molecule has 0 radical (unpaired) electrons. The predicted octanol–water partition coefficient (Wildman–Crippen LogP) is -5.17. The molecular weight excluding hydrogens is 807 g/mol. The van der Waals surface area contributed by atoms with E-state index < -0.39 is 108 Å². The van der Waals surface area contributed by atoms with Gasteiger partial charge in [-0.05, 0) is 25.7 Å². The van der Waals surface area contributed by atoms with Crippen molar-refractivity contribution < 1.29 is 126 Å². The molecule has 0 fully saturated rings. The van der Waals surface area contributed by atoms with Crippen LogP contribution < -0.4 is 31.3 Å². The van der Waals surface area contributed by atoms with Gasteiger partial charge in [-0.3, -0.25) is 0 Å². The number of hydrogen-bond acceptors (Lipinski definition) is 16. The first-order valence-electron chi connectivity index (χ1n) is 16.8. The fraction of sp³-hybridized carbons (Fsp3) is 0.611. The normalized spacial score (nSPS) is 25.9. The van der Waals surface area contributed by atoms with E-state index in [1.165, 1.54) is 36.5 Å². The van der Waals surface area contributed by atoms with E-state index in [-0.39, 0.29) is 44.1 Å². The number of carbonyl (C=O) groups excluding carboxylic acids is 6. The van der Waals surface area contributed by atoms with Crippen LogP contribution in [0.1, 0.15) is 25.7 Å². The zero-order valence-electron chi connectivity index (χ0n) is 32.8. The van der Waals surface area contributed by atoms with E-state index in [4.69, 9.17) is 0 Å². The van der Waals surface area contributed by atoms with Crippen molar-refractivity contribution in [2.75, 3.05) is 42.7 Å². The first-order chi connectivity index (χ1) is 26.3. The van der Waals surface area contributed by atoms with Crippen molar-refractivity contribution >= 4 is 35.8 Å². The number of esters is 6. The van der Waals surface area contributed by atoms with E-state index >= 15 is 0 Å². The summed E-state index contributed by atoms with van der Waals surface area (Å²) in [7, 11) is 6.10. The van der Waals surface area contributed by atoms with Crippen LogP contribution in [-0.4, -0.2) is 147 Å². The van der Waals surface area contributed by atoms with Crippen molar-refractivity contribution in [2.45, 2.75) is 73.8 Å². The molecule has 0 aromatic rings. The van der Waals surface area contributed by atoms with E-state index in [0.717, 1.165) is 42.7 Å². The average Bonchev–Trinajstić information content (AvgIpc) is 4.04. The molecular formula is C36H48ClF4LiO16. The van der Waals surface area contributed by atoms with Crippen LogP contribution in [0.25, 0.3) is 0 Å². The van der Waals surface area contributed by atoms with E-state index in [2.05, 4.69) is 28.4 Å². The third-order valence-electron chi connectivity index (χ3n) is 9.01. The van der Waals surface area contributed by atoms with Gasteiger partial charge in [-0.2, -0.15) is 0 Å². The van der Waals surface area contributed by atoms with Crippen LogP contribution in [0.4, 0.5) is 17.6 Å². The van der Waals surface area contributed by atoms with Crippen molar-refractivity contribution in [3.63, 3.8) is 0 Å². The Morgan fingerprint density at radius 2 is 0.741 bits per heavy atom. The van der Waals surface area contributed by atoms with Gasteiger partial charge in [0.25, 0.3) is 0 Å². The Kier molecular flexibility index (Phi) is 25.6. The molecule has 0 amide bonds. The Bertz CT molecular complexity index is 1360. The molecule has 4 rings (SSSR count). The molecule has 0 saturated carbocycles. The summed E-state index contributed by atoms with van der Waals surface area (Å²) in [5, 5.41) is 37.4. The molecule has 10 atom stereocenters. The van der Waals surface area contributed by atoms with Crippen LogP contribution in [0.5, 0.6) is 0 Å². The molecule has 0 saturated heterocycles. The Morgan fingerprint density at radius 1 is 0.500 bits per heavy atom. The van der Waals surface area contributed by atoms with Crippen molar-refractivity contribution in [1.82, 2.24) is 0 Å². The second-order valence-corrected chi connectivity index (χ2v) is 12.4. The SMILES string of the molecule is COC(=O)C(F)(C(=O)OC)[C@@H]1C=CC[C@H]1O.COC(=O)C(F)(C(=O)OC)[C@H]1C=CC[C@@H]1O.COC(=O)C(F)[C@@H]1C=CC[C@H]1O.COC(=O)C(F)[C@H]1C=CC[C@@H]1O.[Cl-].[Li+]. The molecule has 0 aromatic heterocycles. The molecule has 4 aliphatic carbocycles. The molecule has 4 aliphatic rings. The Labute approximate surface area is 350 Å². The molecule has 0 aliphatic heterocycles. The van der Waals surface area contributed by atoms with Gasteiger partial charge in [0, 0.05) is 11.8 Å². The largest absolute Gasteiger partial charge is 1.00 e. The van der Waals surface area contributed by atoms with Gasteiger partial charge in [0.15, 0.2) is 0 Å². The summed E-state index contributed by atoms with van der Waals surface area (Å²) in [6.45, 7) is 0. The number of alkyl halides is 4. The monoisotopic (exact) mass is 854 g/mol. The fourth-order valence-electron chi connectivity index (χ4n) is 5.83. The predicted molar refractivity (Wildman–Crippen MR) is 183 cm³/mol. The molecule has 0 aromatic carbocycles. The van der Waals surface area contributed by atoms with Gasteiger partial charge in [-0.25, -0.2) is 46.3 Å². The number of aliphatic hydroxyl groups excluding tert-OH is 4. The van der Waals surface area contributed by atoms with Crippen LogP contribution >= 0.6 is 0 Å². The first kappa shape index (κ1) is 56.3. The third-order valence-corrected chi connectivity index (χ3v) is 9.01. The maximum absolute atomic E-state index is 14.4. The van der Waals surface area contributed by atoms with Gasteiger partial charge < -0.3 is 61.3 Å². The van der Waals surface area contributed by atoms with Gasteiger partial charge in [-0.1, -0.05) is 48.6 Å². The van der Waals surface area contributed by atoms with E-state index in [1.807, 2.05) is 0 Å². The van der Waals surface area contributed by atoms with Gasteiger partial charge in [0.1, 0.15) is 0 Å². The fourth-order valence-corrected chi connectivity index (χ4v) is 5.83. The van der Waals surface area contributed by atoms with E-state index in [9.17, 15) is 66.8 Å². The minimum Gasteiger partial charge on any atom is -1.00 e. The van der Waals surface area contributed by atoms with Crippen molar-refractivity contribution in [1.29, 1.82) is 0 Å². The maximum atomic E-state index is 14.4. The zero-order chi connectivity index (χ0) is 43.0. The molecule has 0 bridgehead atoms. The van der Waals surface area contributed by atoms with Gasteiger partial charge >= 0.3 is 66.0 Å². The maximum Gasteiger partial charge on any atom is 1.00 e. The number of methoxy groups -OCH3 is 6. The van der Waals surface area contributed by atoms with E-state index in [0.29, 0.717) is 12.8 Å². The summed E-state index contributed by atoms with van der Waals surface area (Å²) in [5.41, 5.74) is -5.98. The number of ether oxygens (including phenoxy) is 6. The Morgan fingerprint density at radius 3 is 0.914 bits per heavy atom. The van der Waals surface area contributed by atoms with Gasteiger partial charge in [0.05, 0.1) is 78.9 Å². The van der Waals surface area contributed by atoms with Crippen molar-refractivity contribution in [3.8, 4) is 0 Å². The summed E-state index contributed by atoms with van der Waals surface area (Å²) in [5.74, 6) is -11.3. The topological polar surface area (TPSA) is 239 Å². The second-order valence-electron chi connectivity index (χ2n) is 12.4. The van der Waals surface area contributed by atoms with Gasteiger partial charge in [0.2, 0.25) is 12.3 Å². The molecule has 22 heteroatoms. The summed E-state index contributed by atoms with van der Waals surface area (Å²) in [4.78, 5) is 66.7. The summed E-state index contributed by atoms with van der Waals surface area (Å²) in [6.07, 6.45) is 5.70. The van der Waals surface area contributed by atoms with Crippen molar-refractivity contribution in [2.24, 2.45) is 23.7 Å². The second kappa shape index (κ2) is 26.4. The number of aliphatic hydroxyl groups is 4. The minimum absolute atomic E-state index is 0. The average molecular weight is 855 g/mol. The van der Waals surface area contributed by atoms with Crippen LogP contribution in [0, 0.1) is 23.7 Å². The number of carbonyl (C=O) groups is 6. The summed E-state index contributed by atoms with van der Waals surface area (Å²) >= 11 is 0. The molecule has 4 N–H and O–H groups in total. The van der Waals surface area contributed by atoms with Crippen molar-refractivity contribution in [3.05, 3.63) is 48.6 Å². The quantitative estimate of drug-likeness (QED) is 0.0402. The van der Waals surface area contributed by atoms with Crippen LogP contribution in [0.2, 0.25) is 0 Å².